The monoisotopic (exact) mass is 446 g/mol. The lowest BCUT2D eigenvalue weighted by atomic mass is 10.3. The molecule has 0 atom stereocenters. The minimum atomic E-state index is -0.884. The fourth-order valence-corrected chi connectivity index (χ4v) is 2.10. The largest absolute Gasteiger partial charge is 0.383 e. The van der Waals surface area contributed by atoms with Gasteiger partial charge in [0.25, 0.3) is 0 Å². The van der Waals surface area contributed by atoms with Gasteiger partial charge in [0.1, 0.15) is 0 Å². The van der Waals surface area contributed by atoms with Gasteiger partial charge >= 0.3 is 11.8 Å². The first-order valence-corrected chi connectivity index (χ1v) is 8.06. The Morgan fingerprint density at radius 2 is 1.96 bits per heavy atom. The predicted octanol–water partition coefficient (Wildman–Crippen LogP) is 0.517. The smallest absolute Gasteiger partial charge is 0.327 e. The summed E-state index contributed by atoms with van der Waals surface area (Å²) in [6.07, 6.45) is -0.0585. The van der Waals surface area contributed by atoms with Crippen LogP contribution in [0, 0.1) is 3.57 Å². The van der Waals surface area contributed by atoms with E-state index in [2.05, 4.69) is 50.7 Å². The summed E-state index contributed by atoms with van der Waals surface area (Å²) in [5, 5.41) is 5.07. The average molecular weight is 446 g/mol. The molecule has 0 radical (unpaired) electrons. The molecule has 3 amide bonds. The maximum atomic E-state index is 11.9. The van der Waals surface area contributed by atoms with Crippen molar-refractivity contribution in [2.45, 2.75) is 6.42 Å². The highest BCUT2D eigenvalue weighted by molar-refractivity contribution is 14.1. The van der Waals surface area contributed by atoms with Gasteiger partial charge in [-0.1, -0.05) is 12.6 Å². The number of carbonyl (C=O) groups is 3. The van der Waals surface area contributed by atoms with E-state index in [1.807, 2.05) is 18.2 Å². The minimum absolute atomic E-state index is 0.0585. The van der Waals surface area contributed by atoms with Gasteiger partial charge < -0.3 is 20.8 Å². The second-order valence-electron chi connectivity index (χ2n) is 4.67. The van der Waals surface area contributed by atoms with Crippen molar-refractivity contribution in [3.05, 3.63) is 40.1 Å². The first-order valence-electron chi connectivity index (χ1n) is 6.98. The molecule has 130 valence electrons. The number of hydrazine groups is 1. The molecule has 0 saturated heterocycles. The zero-order chi connectivity index (χ0) is 17.9. The second kappa shape index (κ2) is 10.6. The van der Waals surface area contributed by atoms with Crippen LogP contribution in [0.25, 0.3) is 0 Å². The van der Waals surface area contributed by atoms with Crippen molar-refractivity contribution < 1.29 is 19.1 Å². The number of benzene rings is 1. The number of ether oxygens (including phenoxy) is 1. The second-order valence-corrected chi connectivity index (χ2v) is 5.91. The molecule has 4 N–H and O–H groups in total. The lowest BCUT2D eigenvalue weighted by Crippen LogP contribution is -2.46. The Bertz CT molecular complexity index is 621. The van der Waals surface area contributed by atoms with E-state index in [1.54, 1.807) is 6.07 Å². The van der Waals surface area contributed by atoms with Gasteiger partial charge in [0.05, 0.1) is 13.0 Å². The van der Waals surface area contributed by atoms with Crippen LogP contribution < -0.4 is 21.5 Å². The summed E-state index contributed by atoms with van der Waals surface area (Å²) in [5.74, 6) is -1.99. The molecule has 0 aliphatic carbocycles. The number of anilines is 1. The van der Waals surface area contributed by atoms with Crippen molar-refractivity contribution in [1.82, 2.24) is 16.2 Å². The first kappa shape index (κ1) is 19.9. The Balaban J connectivity index is 2.31. The number of halogens is 1. The summed E-state index contributed by atoms with van der Waals surface area (Å²) in [6, 6.07) is 7.32. The van der Waals surface area contributed by atoms with Crippen LogP contribution in [-0.4, -0.2) is 38.0 Å². The molecule has 1 rings (SSSR count). The quantitative estimate of drug-likeness (QED) is 0.202. The van der Waals surface area contributed by atoms with E-state index in [-0.39, 0.29) is 24.6 Å². The van der Waals surface area contributed by atoms with E-state index in [0.717, 1.165) is 3.57 Å². The Hall–Kier alpha value is -2.14. The molecule has 0 aromatic heterocycles. The van der Waals surface area contributed by atoms with Crippen LogP contribution in [0.1, 0.15) is 6.42 Å². The van der Waals surface area contributed by atoms with Gasteiger partial charge in [-0.15, -0.1) is 0 Å². The highest BCUT2D eigenvalue weighted by Crippen LogP contribution is 2.12. The summed E-state index contributed by atoms with van der Waals surface area (Å²) in [4.78, 5) is 34.8. The summed E-state index contributed by atoms with van der Waals surface area (Å²) in [7, 11) is 1.49. The van der Waals surface area contributed by atoms with Crippen LogP contribution in [-0.2, 0) is 19.1 Å². The SMILES string of the molecule is C=C(CC(=O)Nc1cccc(I)c1)NNC(=O)C(=O)NCCOC. The van der Waals surface area contributed by atoms with Gasteiger partial charge in [-0.25, -0.2) is 0 Å². The molecule has 0 unspecified atom stereocenters. The number of hydrogen-bond donors (Lipinski definition) is 4. The molecular formula is C15H19IN4O4. The van der Waals surface area contributed by atoms with Gasteiger partial charge in [-0.3, -0.25) is 19.8 Å². The molecule has 0 aliphatic heterocycles. The Morgan fingerprint density at radius 3 is 2.62 bits per heavy atom. The van der Waals surface area contributed by atoms with Crippen LogP contribution in [0.2, 0.25) is 0 Å². The fourth-order valence-electron chi connectivity index (χ4n) is 1.56. The zero-order valence-electron chi connectivity index (χ0n) is 13.1. The molecule has 0 saturated carbocycles. The Kier molecular flexibility index (Phi) is 8.79. The van der Waals surface area contributed by atoms with E-state index in [0.29, 0.717) is 12.3 Å². The maximum Gasteiger partial charge on any atom is 0.327 e. The zero-order valence-corrected chi connectivity index (χ0v) is 15.3. The van der Waals surface area contributed by atoms with Gasteiger partial charge in [-0.05, 0) is 40.8 Å². The fraction of sp³-hybridized carbons (Fsp3) is 0.267. The van der Waals surface area contributed by atoms with Gasteiger partial charge in [0, 0.05) is 28.6 Å². The first-order chi connectivity index (χ1) is 11.4. The van der Waals surface area contributed by atoms with E-state index in [1.165, 1.54) is 7.11 Å². The predicted molar refractivity (Wildman–Crippen MR) is 97.7 cm³/mol. The van der Waals surface area contributed by atoms with Crippen LogP contribution >= 0.6 is 22.6 Å². The van der Waals surface area contributed by atoms with Crippen LogP contribution in [0.4, 0.5) is 5.69 Å². The van der Waals surface area contributed by atoms with Crippen molar-refractivity contribution in [2.24, 2.45) is 0 Å². The Labute approximate surface area is 153 Å². The summed E-state index contributed by atoms with van der Waals surface area (Å²) in [6.45, 7) is 4.15. The number of amides is 3. The summed E-state index contributed by atoms with van der Waals surface area (Å²) >= 11 is 2.14. The molecule has 24 heavy (non-hydrogen) atoms. The molecule has 9 heteroatoms. The van der Waals surface area contributed by atoms with E-state index >= 15 is 0 Å². The summed E-state index contributed by atoms with van der Waals surface area (Å²) < 4.78 is 5.74. The molecule has 8 nitrogen and oxygen atoms in total. The molecule has 0 heterocycles. The number of nitrogens with one attached hydrogen (secondary N) is 4. The highest BCUT2D eigenvalue weighted by Gasteiger charge is 2.13. The third-order valence-electron chi connectivity index (χ3n) is 2.63. The number of hydrogen-bond acceptors (Lipinski definition) is 5. The minimum Gasteiger partial charge on any atom is -0.383 e. The lowest BCUT2D eigenvalue weighted by molar-refractivity contribution is -0.139. The van der Waals surface area contributed by atoms with Crippen molar-refractivity contribution >= 4 is 46.0 Å². The number of methoxy groups -OCH3 is 1. The molecule has 0 fully saturated rings. The van der Waals surface area contributed by atoms with Crippen LogP contribution in [0.5, 0.6) is 0 Å². The molecule has 0 aliphatic rings. The third kappa shape index (κ3) is 7.92. The molecule has 1 aromatic rings. The Morgan fingerprint density at radius 1 is 1.21 bits per heavy atom. The maximum absolute atomic E-state index is 11.9. The lowest BCUT2D eigenvalue weighted by Gasteiger charge is -2.11. The van der Waals surface area contributed by atoms with Crippen molar-refractivity contribution in [3.63, 3.8) is 0 Å². The van der Waals surface area contributed by atoms with Crippen LogP contribution in [0.15, 0.2) is 36.5 Å². The molecular weight excluding hydrogens is 427 g/mol. The van der Waals surface area contributed by atoms with Crippen LogP contribution in [0.3, 0.4) is 0 Å². The number of carbonyl (C=O) groups excluding carboxylic acids is 3. The highest BCUT2D eigenvalue weighted by atomic mass is 127. The molecule has 0 spiro atoms. The average Bonchev–Trinajstić information content (AvgIpc) is 2.52. The van der Waals surface area contributed by atoms with Crippen molar-refractivity contribution in [2.75, 3.05) is 25.6 Å². The molecule has 0 bridgehead atoms. The van der Waals surface area contributed by atoms with Gasteiger partial charge in [0.15, 0.2) is 0 Å². The van der Waals surface area contributed by atoms with E-state index < -0.39 is 11.8 Å². The van der Waals surface area contributed by atoms with Crippen molar-refractivity contribution in [3.8, 4) is 0 Å². The number of rotatable bonds is 8. The topological polar surface area (TPSA) is 109 Å². The third-order valence-corrected chi connectivity index (χ3v) is 3.30. The van der Waals surface area contributed by atoms with E-state index in [4.69, 9.17) is 4.74 Å². The molecule has 1 aromatic carbocycles. The van der Waals surface area contributed by atoms with Gasteiger partial charge in [0.2, 0.25) is 5.91 Å². The van der Waals surface area contributed by atoms with Gasteiger partial charge in [-0.2, -0.15) is 0 Å². The summed E-state index contributed by atoms with van der Waals surface area (Å²) in [5.41, 5.74) is 5.51. The van der Waals surface area contributed by atoms with E-state index in [9.17, 15) is 14.4 Å². The standard InChI is InChI=1S/C15H19IN4O4/c1-10(19-20-15(23)14(22)17-6-7-24-2)8-13(21)18-12-5-3-4-11(16)9-12/h3-5,9,19H,1,6-8H2,2H3,(H,17,22)(H,18,21)(H,20,23). The normalized spacial score (nSPS) is 9.75. The van der Waals surface area contributed by atoms with Crippen molar-refractivity contribution in [1.29, 1.82) is 0 Å².